The minimum atomic E-state index is -0.952. The molecule has 0 unspecified atom stereocenters. The van der Waals surface area contributed by atoms with Gasteiger partial charge in [0.1, 0.15) is 0 Å². The van der Waals surface area contributed by atoms with E-state index in [4.69, 9.17) is 16.7 Å². The summed E-state index contributed by atoms with van der Waals surface area (Å²) >= 11 is 7.34. The Bertz CT molecular complexity index is 983. The third kappa shape index (κ3) is 5.18. The van der Waals surface area contributed by atoms with Crippen LogP contribution in [-0.2, 0) is 9.59 Å². The van der Waals surface area contributed by atoms with Crippen molar-refractivity contribution >= 4 is 46.1 Å². The number of rotatable bonds is 7. The van der Waals surface area contributed by atoms with Gasteiger partial charge in [-0.1, -0.05) is 53.7 Å². The van der Waals surface area contributed by atoms with Crippen molar-refractivity contribution in [3.63, 3.8) is 0 Å². The number of hydrogen-bond acceptors (Lipinski definition) is 5. The van der Waals surface area contributed by atoms with Gasteiger partial charge in [-0.05, 0) is 18.2 Å². The van der Waals surface area contributed by atoms with E-state index >= 15 is 0 Å². The van der Waals surface area contributed by atoms with Gasteiger partial charge >= 0.3 is 5.97 Å². The van der Waals surface area contributed by atoms with Gasteiger partial charge in [-0.2, -0.15) is 0 Å². The van der Waals surface area contributed by atoms with Crippen molar-refractivity contribution in [2.75, 3.05) is 12.3 Å². The van der Waals surface area contributed by atoms with Gasteiger partial charge in [-0.3, -0.25) is 9.59 Å². The molecule has 0 spiro atoms. The second-order valence-corrected chi connectivity index (χ2v) is 7.04. The molecule has 0 saturated heterocycles. The van der Waals surface area contributed by atoms with E-state index in [-0.39, 0.29) is 24.6 Å². The number of benzene rings is 2. The first-order valence-electron chi connectivity index (χ1n) is 8.17. The van der Waals surface area contributed by atoms with Crippen LogP contribution in [0.2, 0.25) is 5.02 Å². The Hall–Kier alpha value is -2.64. The molecule has 2 aromatic carbocycles. The molecule has 0 saturated carbocycles. The maximum atomic E-state index is 11.9. The Kier molecular flexibility index (Phi) is 6.26. The van der Waals surface area contributed by atoms with Crippen LogP contribution in [0, 0.1) is 0 Å². The minimum absolute atomic E-state index is 0.0983. The van der Waals surface area contributed by atoms with Gasteiger partial charge in [0, 0.05) is 22.5 Å². The van der Waals surface area contributed by atoms with Crippen molar-refractivity contribution in [3.05, 3.63) is 53.6 Å². The predicted molar refractivity (Wildman–Crippen MR) is 106 cm³/mol. The minimum Gasteiger partial charge on any atom is -0.481 e. The lowest BCUT2D eigenvalue weighted by Crippen LogP contribution is -2.27. The first-order valence-corrected chi connectivity index (χ1v) is 9.53. The lowest BCUT2D eigenvalue weighted by Gasteiger charge is -2.09. The van der Waals surface area contributed by atoms with Crippen molar-refractivity contribution in [2.24, 2.45) is 0 Å². The van der Waals surface area contributed by atoms with Gasteiger partial charge in [-0.25, -0.2) is 9.97 Å². The van der Waals surface area contributed by atoms with E-state index in [1.807, 2.05) is 42.5 Å². The first kappa shape index (κ1) is 19.1. The van der Waals surface area contributed by atoms with Crippen molar-refractivity contribution in [2.45, 2.75) is 11.6 Å². The number of carbonyl (C=O) groups excluding carboxylic acids is 1. The number of aromatic nitrogens is 2. The predicted octanol–water partition coefficient (Wildman–Crippen LogP) is 3.63. The highest BCUT2D eigenvalue weighted by atomic mass is 35.5. The Labute approximate surface area is 165 Å². The first-order chi connectivity index (χ1) is 13.0. The number of nitrogens with one attached hydrogen (secondary N) is 1. The molecular weight excluding hydrogens is 386 g/mol. The van der Waals surface area contributed by atoms with Crippen LogP contribution in [0.3, 0.4) is 0 Å². The normalized spacial score (nSPS) is 10.7. The fraction of sp³-hybridized carbons (Fsp3) is 0.158. The van der Waals surface area contributed by atoms with Crippen molar-refractivity contribution < 1.29 is 14.7 Å². The standard InChI is InChI=1S/C19H16ClN3O3S/c20-13-6-7-15-14(10-13)18(12-4-2-1-3-5-12)23-19(22-15)27-11-16(24)21-9-8-17(25)26/h1-7,10H,8-9,11H2,(H,21,24)(H,25,26). The van der Waals surface area contributed by atoms with E-state index in [2.05, 4.69) is 15.3 Å². The van der Waals surface area contributed by atoms with E-state index in [0.717, 1.165) is 22.2 Å². The summed E-state index contributed by atoms with van der Waals surface area (Å²) in [6.45, 7) is 0.0983. The molecule has 0 fully saturated rings. The zero-order chi connectivity index (χ0) is 19.2. The molecule has 0 bridgehead atoms. The third-order valence-electron chi connectivity index (χ3n) is 3.68. The smallest absolute Gasteiger partial charge is 0.305 e. The van der Waals surface area contributed by atoms with Gasteiger partial charge < -0.3 is 10.4 Å². The summed E-state index contributed by atoms with van der Waals surface area (Å²) in [4.78, 5) is 31.5. The molecule has 0 aliphatic carbocycles. The van der Waals surface area contributed by atoms with Crippen molar-refractivity contribution in [1.29, 1.82) is 0 Å². The lowest BCUT2D eigenvalue weighted by molar-refractivity contribution is -0.136. The molecule has 27 heavy (non-hydrogen) atoms. The van der Waals surface area contributed by atoms with E-state index in [1.165, 1.54) is 11.8 Å². The van der Waals surface area contributed by atoms with Crippen LogP contribution in [0.15, 0.2) is 53.7 Å². The maximum Gasteiger partial charge on any atom is 0.305 e. The van der Waals surface area contributed by atoms with Gasteiger partial charge in [0.05, 0.1) is 23.4 Å². The Morgan fingerprint density at radius 3 is 2.63 bits per heavy atom. The maximum absolute atomic E-state index is 11.9. The number of halogens is 1. The van der Waals surface area contributed by atoms with Crippen LogP contribution in [0.4, 0.5) is 0 Å². The summed E-state index contributed by atoms with van der Waals surface area (Å²) in [5, 5.41) is 13.1. The number of nitrogens with zero attached hydrogens (tertiary/aromatic N) is 2. The van der Waals surface area contributed by atoms with Crippen LogP contribution in [0.1, 0.15) is 6.42 Å². The fourth-order valence-electron chi connectivity index (χ4n) is 2.45. The zero-order valence-corrected chi connectivity index (χ0v) is 15.8. The van der Waals surface area contributed by atoms with E-state index < -0.39 is 5.97 Å². The summed E-state index contributed by atoms with van der Waals surface area (Å²) in [7, 11) is 0. The molecule has 0 aliphatic rings. The number of carbonyl (C=O) groups is 2. The van der Waals surface area contributed by atoms with Crippen molar-refractivity contribution in [3.8, 4) is 11.3 Å². The quantitative estimate of drug-likeness (QED) is 0.464. The highest BCUT2D eigenvalue weighted by molar-refractivity contribution is 7.99. The van der Waals surface area contributed by atoms with E-state index in [0.29, 0.717) is 10.2 Å². The van der Waals surface area contributed by atoms with Crippen molar-refractivity contribution in [1.82, 2.24) is 15.3 Å². The summed E-state index contributed by atoms with van der Waals surface area (Å²) in [6.07, 6.45) is -0.109. The molecule has 3 rings (SSSR count). The average molecular weight is 402 g/mol. The van der Waals surface area contributed by atoms with Gasteiger partial charge in [-0.15, -0.1) is 0 Å². The highest BCUT2D eigenvalue weighted by Gasteiger charge is 2.12. The van der Waals surface area contributed by atoms with Gasteiger partial charge in [0.15, 0.2) is 5.16 Å². The van der Waals surface area contributed by atoms with E-state index in [9.17, 15) is 9.59 Å². The molecule has 1 heterocycles. The topological polar surface area (TPSA) is 92.2 Å². The third-order valence-corrected chi connectivity index (χ3v) is 4.76. The second-order valence-electron chi connectivity index (χ2n) is 5.66. The lowest BCUT2D eigenvalue weighted by atomic mass is 10.1. The molecule has 0 atom stereocenters. The Morgan fingerprint density at radius 2 is 1.89 bits per heavy atom. The molecule has 8 heteroatoms. The van der Waals surface area contributed by atoms with Crippen LogP contribution >= 0.6 is 23.4 Å². The number of amides is 1. The summed E-state index contributed by atoms with van der Waals surface area (Å²) in [5.74, 6) is -1.11. The fourth-order valence-corrected chi connectivity index (χ4v) is 3.30. The largest absolute Gasteiger partial charge is 0.481 e. The Morgan fingerprint density at radius 1 is 1.11 bits per heavy atom. The molecule has 138 valence electrons. The number of fused-ring (bicyclic) bond motifs is 1. The van der Waals surface area contributed by atoms with Gasteiger partial charge in [0.25, 0.3) is 0 Å². The zero-order valence-electron chi connectivity index (χ0n) is 14.2. The number of thioether (sulfide) groups is 1. The summed E-state index contributed by atoms with van der Waals surface area (Å²) in [6, 6.07) is 15.1. The molecule has 2 N–H and O–H groups in total. The molecule has 1 amide bonds. The van der Waals surface area contributed by atoms with Crippen LogP contribution < -0.4 is 5.32 Å². The number of carboxylic acids is 1. The number of hydrogen-bond donors (Lipinski definition) is 2. The van der Waals surface area contributed by atoms with E-state index in [1.54, 1.807) is 6.07 Å². The molecule has 0 radical (unpaired) electrons. The average Bonchev–Trinajstić information content (AvgIpc) is 2.66. The second kappa shape index (κ2) is 8.83. The summed E-state index contributed by atoms with van der Waals surface area (Å²) < 4.78 is 0. The monoisotopic (exact) mass is 401 g/mol. The molecule has 1 aromatic heterocycles. The molecule has 0 aliphatic heterocycles. The van der Waals surface area contributed by atoms with Crippen LogP contribution in [0.25, 0.3) is 22.2 Å². The molecular formula is C19H16ClN3O3S. The number of aliphatic carboxylic acids is 1. The Balaban J connectivity index is 1.83. The molecule has 3 aromatic rings. The SMILES string of the molecule is O=C(O)CCNC(=O)CSc1nc(-c2ccccc2)c2cc(Cl)ccc2n1. The number of carboxylic acid groups (broad SMARTS) is 1. The summed E-state index contributed by atoms with van der Waals surface area (Å²) in [5.41, 5.74) is 2.42. The van der Waals surface area contributed by atoms with Crippen LogP contribution in [-0.4, -0.2) is 39.2 Å². The van der Waals surface area contributed by atoms with Gasteiger partial charge in [0.2, 0.25) is 5.91 Å². The highest BCUT2D eigenvalue weighted by Crippen LogP contribution is 2.30. The van der Waals surface area contributed by atoms with Crippen LogP contribution in [0.5, 0.6) is 0 Å². The molecule has 6 nitrogen and oxygen atoms in total.